The molecule has 1 aromatic carbocycles. The normalized spacial score (nSPS) is 22.0. The van der Waals surface area contributed by atoms with Crippen molar-refractivity contribution in [2.24, 2.45) is 16.1 Å². The minimum Gasteiger partial charge on any atom is -0.270 e. The second-order valence-electron chi connectivity index (χ2n) is 5.74. The molecular weight excluding hydrogens is 293 g/mol. The summed E-state index contributed by atoms with van der Waals surface area (Å²) < 4.78 is 38.5. The third-order valence-electron chi connectivity index (χ3n) is 4.27. The molecule has 0 saturated heterocycles. The molecule has 1 aliphatic heterocycles. The molecule has 1 aliphatic carbocycles. The van der Waals surface area contributed by atoms with Crippen LogP contribution in [0.2, 0.25) is 0 Å². The van der Waals surface area contributed by atoms with Crippen molar-refractivity contribution < 1.29 is 18.0 Å². The van der Waals surface area contributed by atoms with Crippen LogP contribution in [-0.2, 0) is 11.0 Å². The molecule has 116 valence electrons. The van der Waals surface area contributed by atoms with E-state index in [1.165, 1.54) is 19.1 Å². The summed E-state index contributed by atoms with van der Waals surface area (Å²) in [7, 11) is 0. The highest BCUT2D eigenvalue weighted by Gasteiger charge is 2.34. The number of carbonyl (C=O) groups excluding carboxylic acids is 1. The largest absolute Gasteiger partial charge is 0.416 e. The molecule has 3 rings (SSSR count). The van der Waals surface area contributed by atoms with Gasteiger partial charge in [0.1, 0.15) is 0 Å². The van der Waals surface area contributed by atoms with Crippen LogP contribution in [0.15, 0.2) is 34.0 Å². The van der Waals surface area contributed by atoms with Gasteiger partial charge in [0.25, 0.3) is 5.91 Å². The summed E-state index contributed by atoms with van der Waals surface area (Å²) in [4.78, 5) is 11.8. The van der Waals surface area contributed by atoms with Gasteiger partial charge in [-0.2, -0.15) is 13.2 Å². The Hall–Kier alpha value is -1.98. The van der Waals surface area contributed by atoms with Crippen LogP contribution in [0, 0.1) is 12.8 Å². The molecule has 0 radical (unpaired) electrons. The summed E-state index contributed by atoms with van der Waals surface area (Å²) >= 11 is 0. The Morgan fingerprint density at radius 1 is 1.18 bits per heavy atom. The van der Waals surface area contributed by atoms with E-state index >= 15 is 0 Å². The van der Waals surface area contributed by atoms with Crippen molar-refractivity contribution in [3.63, 3.8) is 0 Å². The van der Waals surface area contributed by atoms with Crippen LogP contribution in [0.25, 0.3) is 5.70 Å². The molecule has 1 unspecified atom stereocenters. The molecule has 0 bridgehead atoms. The summed E-state index contributed by atoms with van der Waals surface area (Å²) in [5, 5.41) is 7.65. The highest BCUT2D eigenvalue weighted by Crippen LogP contribution is 2.40. The fourth-order valence-electron chi connectivity index (χ4n) is 3.17. The SMILES string of the molecule is Cc1cc(C2=C3CCCCC3C(=O)N=N2)ccc1C(F)(F)F. The van der Waals surface area contributed by atoms with Gasteiger partial charge < -0.3 is 0 Å². The molecule has 0 aromatic heterocycles. The van der Waals surface area contributed by atoms with Crippen molar-refractivity contribution in [1.29, 1.82) is 0 Å². The number of rotatable bonds is 1. The maximum absolute atomic E-state index is 12.8. The van der Waals surface area contributed by atoms with E-state index in [1.54, 1.807) is 0 Å². The van der Waals surface area contributed by atoms with Crippen LogP contribution in [0.5, 0.6) is 0 Å². The number of azo groups is 1. The molecule has 1 atom stereocenters. The molecule has 1 aromatic rings. The highest BCUT2D eigenvalue weighted by molar-refractivity contribution is 5.88. The average Bonchev–Trinajstić information content (AvgIpc) is 2.46. The Morgan fingerprint density at radius 2 is 1.95 bits per heavy atom. The Bertz CT molecular complexity index is 689. The Morgan fingerprint density at radius 3 is 2.64 bits per heavy atom. The third-order valence-corrected chi connectivity index (χ3v) is 4.27. The number of benzene rings is 1. The Kier molecular flexibility index (Phi) is 3.62. The zero-order valence-electron chi connectivity index (χ0n) is 12.1. The van der Waals surface area contributed by atoms with E-state index in [1.807, 2.05) is 0 Å². The van der Waals surface area contributed by atoms with Crippen molar-refractivity contribution in [3.8, 4) is 0 Å². The topological polar surface area (TPSA) is 41.8 Å². The van der Waals surface area contributed by atoms with Gasteiger partial charge in [0.05, 0.1) is 17.2 Å². The van der Waals surface area contributed by atoms with Crippen molar-refractivity contribution in [1.82, 2.24) is 0 Å². The van der Waals surface area contributed by atoms with Crippen LogP contribution < -0.4 is 0 Å². The van der Waals surface area contributed by atoms with Gasteiger partial charge >= 0.3 is 6.18 Å². The van der Waals surface area contributed by atoms with Gasteiger partial charge in [-0.05, 0) is 49.5 Å². The first-order chi connectivity index (χ1) is 10.4. The van der Waals surface area contributed by atoms with Gasteiger partial charge in [0.15, 0.2) is 0 Å². The summed E-state index contributed by atoms with van der Waals surface area (Å²) in [5.74, 6) is -0.481. The molecule has 6 heteroatoms. The standard InChI is InChI=1S/C16H15F3N2O/c1-9-8-10(6-7-13(9)16(17,18)19)14-11-4-2-3-5-12(11)15(22)21-20-14/h6-8,12H,2-5H2,1H3. The molecule has 1 fully saturated rings. The summed E-state index contributed by atoms with van der Waals surface area (Å²) in [5.41, 5.74) is 1.60. The third kappa shape index (κ3) is 2.58. The molecule has 0 spiro atoms. The van der Waals surface area contributed by atoms with Crippen molar-refractivity contribution >= 4 is 11.6 Å². The van der Waals surface area contributed by atoms with E-state index in [2.05, 4.69) is 10.2 Å². The number of aryl methyl sites for hydroxylation is 1. The number of hydrogen-bond acceptors (Lipinski definition) is 2. The minimum atomic E-state index is -4.36. The van der Waals surface area contributed by atoms with E-state index in [4.69, 9.17) is 0 Å². The van der Waals surface area contributed by atoms with E-state index in [0.717, 1.165) is 37.3 Å². The lowest BCUT2D eigenvalue weighted by Gasteiger charge is -2.26. The van der Waals surface area contributed by atoms with Crippen LogP contribution >= 0.6 is 0 Å². The maximum atomic E-state index is 12.8. The summed E-state index contributed by atoms with van der Waals surface area (Å²) in [6.07, 6.45) is -0.925. The lowest BCUT2D eigenvalue weighted by Crippen LogP contribution is -2.22. The smallest absolute Gasteiger partial charge is 0.270 e. The van der Waals surface area contributed by atoms with Crippen molar-refractivity contribution in [2.45, 2.75) is 38.8 Å². The minimum absolute atomic E-state index is 0.151. The van der Waals surface area contributed by atoms with Crippen LogP contribution in [0.1, 0.15) is 42.4 Å². The fraction of sp³-hybridized carbons (Fsp3) is 0.438. The van der Waals surface area contributed by atoms with Gasteiger partial charge in [0, 0.05) is 5.56 Å². The van der Waals surface area contributed by atoms with Gasteiger partial charge in [-0.25, -0.2) is 0 Å². The number of hydrogen-bond donors (Lipinski definition) is 0. The van der Waals surface area contributed by atoms with Crippen LogP contribution in [-0.4, -0.2) is 5.91 Å². The second kappa shape index (κ2) is 5.34. The number of alkyl halides is 3. The molecule has 1 saturated carbocycles. The lowest BCUT2D eigenvalue weighted by atomic mass is 9.81. The number of fused-ring (bicyclic) bond motifs is 1. The van der Waals surface area contributed by atoms with Crippen LogP contribution in [0.4, 0.5) is 13.2 Å². The summed E-state index contributed by atoms with van der Waals surface area (Å²) in [6, 6.07) is 3.96. The number of amides is 1. The molecule has 0 N–H and O–H groups in total. The second-order valence-corrected chi connectivity index (χ2v) is 5.74. The molecular formula is C16H15F3N2O. The fourth-order valence-corrected chi connectivity index (χ4v) is 3.17. The quantitative estimate of drug-likeness (QED) is 0.727. The average molecular weight is 308 g/mol. The van der Waals surface area contributed by atoms with Gasteiger partial charge in [0.2, 0.25) is 0 Å². The van der Waals surface area contributed by atoms with E-state index in [9.17, 15) is 18.0 Å². The molecule has 22 heavy (non-hydrogen) atoms. The van der Waals surface area contributed by atoms with Gasteiger partial charge in [-0.15, -0.1) is 10.2 Å². The summed E-state index contributed by atoms with van der Waals surface area (Å²) in [6.45, 7) is 1.43. The monoisotopic (exact) mass is 308 g/mol. The van der Waals surface area contributed by atoms with Gasteiger partial charge in [-0.1, -0.05) is 12.5 Å². The predicted octanol–water partition coefficient (Wildman–Crippen LogP) is 4.91. The highest BCUT2D eigenvalue weighted by atomic mass is 19.4. The maximum Gasteiger partial charge on any atom is 0.416 e. The molecule has 1 amide bonds. The zero-order chi connectivity index (χ0) is 15.9. The predicted molar refractivity (Wildman–Crippen MR) is 74.9 cm³/mol. The van der Waals surface area contributed by atoms with Crippen LogP contribution in [0.3, 0.4) is 0 Å². The Balaban J connectivity index is 2.05. The zero-order valence-corrected chi connectivity index (χ0v) is 12.1. The van der Waals surface area contributed by atoms with Crippen molar-refractivity contribution in [2.75, 3.05) is 0 Å². The van der Waals surface area contributed by atoms with Crippen molar-refractivity contribution in [3.05, 3.63) is 40.5 Å². The number of nitrogens with zero attached hydrogens (tertiary/aromatic N) is 2. The van der Waals surface area contributed by atoms with E-state index in [-0.39, 0.29) is 17.4 Å². The molecule has 2 aliphatic rings. The molecule has 3 nitrogen and oxygen atoms in total. The molecule has 1 heterocycles. The van der Waals surface area contributed by atoms with E-state index in [0.29, 0.717) is 11.3 Å². The first kappa shape index (κ1) is 14.9. The number of halogens is 3. The first-order valence-corrected chi connectivity index (χ1v) is 7.25. The Labute approximate surface area is 125 Å². The number of carbonyl (C=O) groups is 1. The van der Waals surface area contributed by atoms with Gasteiger partial charge in [-0.3, -0.25) is 4.79 Å². The first-order valence-electron chi connectivity index (χ1n) is 7.25. The van der Waals surface area contributed by atoms with E-state index < -0.39 is 11.7 Å². The lowest BCUT2D eigenvalue weighted by molar-refractivity contribution is -0.138.